The van der Waals surface area contributed by atoms with Crippen LogP contribution in [0.4, 0.5) is 5.82 Å². The Balaban J connectivity index is 0.000000722. The van der Waals surface area contributed by atoms with Gasteiger partial charge in [-0.05, 0) is 18.6 Å². The molecule has 0 spiro atoms. The highest BCUT2D eigenvalue weighted by Crippen LogP contribution is 2.22. The Morgan fingerprint density at radius 3 is 2.82 bits per heavy atom. The highest BCUT2D eigenvalue weighted by molar-refractivity contribution is 5.85. The number of fused-ring (bicyclic) bond motifs is 1. The van der Waals surface area contributed by atoms with E-state index in [1.807, 2.05) is 24.7 Å². The summed E-state index contributed by atoms with van der Waals surface area (Å²) >= 11 is 0. The van der Waals surface area contributed by atoms with Crippen LogP contribution in [-0.2, 0) is 0 Å². The minimum atomic E-state index is 0. The lowest BCUT2D eigenvalue weighted by molar-refractivity contribution is 0.751. The van der Waals surface area contributed by atoms with Crippen molar-refractivity contribution < 1.29 is 0 Å². The third-order valence-electron chi connectivity index (χ3n) is 2.96. The van der Waals surface area contributed by atoms with Gasteiger partial charge in [-0.15, -0.1) is 24.8 Å². The van der Waals surface area contributed by atoms with Gasteiger partial charge in [-0.1, -0.05) is 0 Å². The Morgan fingerprint density at radius 2 is 2.12 bits per heavy atom. The van der Waals surface area contributed by atoms with Gasteiger partial charge < -0.3 is 15.0 Å². The zero-order valence-corrected chi connectivity index (χ0v) is 11.0. The molecule has 94 valence electrons. The minimum Gasteiger partial charge on any atom is -0.353 e. The van der Waals surface area contributed by atoms with Crippen LogP contribution in [0.25, 0.3) is 5.52 Å². The third kappa shape index (κ3) is 2.49. The summed E-state index contributed by atoms with van der Waals surface area (Å²) < 4.78 is 2.09. The number of halogens is 2. The van der Waals surface area contributed by atoms with Crippen molar-refractivity contribution in [2.24, 2.45) is 5.73 Å². The van der Waals surface area contributed by atoms with Gasteiger partial charge in [0.15, 0.2) is 5.82 Å². The molecule has 1 aliphatic heterocycles. The minimum absolute atomic E-state index is 0. The molecular formula is C11H16Cl2N4. The van der Waals surface area contributed by atoms with E-state index in [1.54, 1.807) is 0 Å². The summed E-state index contributed by atoms with van der Waals surface area (Å²) in [6.45, 7) is 1.93. The molecule has 1 atom stereocenters. The third-order valence-corrected chi connectivity index (χ3v) is 2.96. The van der Waals surface area contributed by atoms with Crippen molar-refractivity contribution in [3.8, 4) is 0 Å². The number of aromatic nitrogens is 2. The van der Waals surface area contributed by atoms with E-state index >= 15 is 0 Å². The predicted molar refractivity (Wildman–Crippen MR) is 74.5 cm³/mol. The van der Waals surface area contributed by atoms with E-state index in [1.165, 1.54) is 0 Å². The second-order valence-corrected chi connectivity index (χ2v) is 4.05. The SMILES string of the molecule is Cl.Cl.NC1CCN(c2nccn3cccc23)C1. The summed E-state index contributed by atoms with van der Waals surface area (Å²) in [5, 5.41) is 0. The van der Waals surface area contributed by atoms with Crippen LogP contribution in [0.1, 0.15) is 6.42 Å². The van der Waals surface area contributed by atoms with E-state index in [0.717, 1.165) is 30.8 Å². The largest absolute Gasteiger partial charge is 0.353 e. The smallest absolute Gasteiger partial charge is 0.152 e. The lowest BCUT2D eigenvalue weighted by atomic mass is 10.3. The van der Waals surface area contributed by atoms with Crippen molar-refractivity contribution in [2.75, 3.05) is 18.0 Å². The second kappa shape index (κ2) is 5.58. The molecule has 6 heteroatoms. The van der Waals surface area contributed by atoms with Crippen LogP contribution in [0.3, 0.4) is 0 Å². The molecule has 0 amide bonds. The van der Waals surface area contributed by atoms with Crippen LogP contribution in [0.2, 0.25) is 0 Å². The maximum absolute atomic E-state index is 5.91. The summed E-state index contributed by atoms with van der Waals surface area (Å²) in [5.74, 6) is 1.05. The van der Waals surface area contributed by atoms with E-state index in [4.69, 9.17) is 5.73 Å². The molecule has 0 aromatic carbocycles. The molecular weight excluding hydrogens is 259 g/mol. The van der Waals surface area contributed by atoms with Gasteiger partial charge in [0, 0.05) is 37.7 Å². The molecule has 0 aliphatic carbocycles. The van der Waals surface area contributed by atoms with Crippen LogP contribution in [-0.4, -0.2) is 28.5 Å². The second-order valence-electron chi connectivity index (χ2n) is 4.05. The van der Waals surface area contributed by atoms with Gasteiger partial charge in [0.25, 0.3) is 0 Å². The Bertz CT molecular complexity index is 485. The molecule has 1 saturated heterocycles. The molecule has 1 aliphatic rings. The number of hydrogen-bond donors (Lipinski definition) is 1. The van der Waals surface area contributed by atoms with Crippen molar-refractivity contribution in [2.45, 2.75) is 12.5 Å². The van der Waals surface area contributed by atoms with Crippen LogP contribution < -0.4 is 10.6 Å². The first kappa shape index (κ1) is 14.1. The van der Waals surface area contributed by atoms with Crippen molar-refractivity contribution in [3.63, 3.8) is 0 Å². The van der Waals surface area contributed by atoms with Gasteiger partial charge in [0.1, 0.15) is 0 Å². The fourth-order valence-corrected chi connectivity index (χ4v) is 2.18. The van der Waals surface area contributed by atoms with Gasteiger partial charge in [0.05, 0.1) is 5.52 Å². The number of nitrogens with zero attached hydrogens (tertiary/aromatic N) is 3. The molecule has 3 rings (SSSR count). The van der Waals surface area contributed by atoms with Gasteiger partial charge in [-0.2, -0.15) is 0 Å². The Hall–Kier alpha value is -0.970. The molecule has 2 aromatic rings. The summed E-state index contributed by atoms with van der Waals surface area (Å²) in [7, 11) is 0. The van der Waals surface area contributed by atoms with Crippen LogP contribution >= 0.6 is 24.8 Å². The van der Waals surface area contributed by atoms with E-state index in [9.17, 15) is 0 Å². The first-order chi connectivity index (χ1) is 7.34. The van der Waals surface area contributed by atoms with Gasteiger partial charge in [-0.3, -0.25) is 0 Å². The maximum Gasteiger partial charge on any atom is 0.152 e. The number of rotatable bonds is 1. The fourth-order valence-electron chi connectivity index (χ4n) is 2.18. The van der Waals surface area contributed by atoms with E-state index in [2.05, 4.69) is 20.4 Å². The average molecular weight is 275 g/mol. The van der Waals surface area contributed by atoms with Gasteiger partial charge in [0.2, 0.25) is 0 Å². The first-order valence-corrected chi connectivity index (χ1v) is 5.27. The summed E-state index contributed by atoms with van der Waals surface area (Å²) in [6.07, 6.45) is 6.90. The molecule has 1 fully saturated rings. The maximum atomic E-state index is 5.91. The monoisotopic (exact) mass is 274 g/mol. The Labute approximate surface area is 113 Å². The lowest BCUT2D eigenvalue weighted by Crippen LogP contribution is -2.27. The molecule has 1 unspecified atom stereocenters. The number of anilines is 1. The predicted octanol–water partition coefficient (Wildman–Crippen LogP) is 1.72. The van der Waals surface area contributed by atoms with Gasteiger partial charge >= 0.3 is 0 Å². The first-order valence-electron chi connectivity index (χ1n) is 5.27. The van der Waals surface area contributed by atoms with Crippen LogP contribution in [0.5, 0.6) is 0 Å². The Morgan fingerprint density at radius 1 is 1.29 bits per heavy atom. The molecule has 0 saturated carbocycles. The fraction of sp³-hybridized carbons (Fsp3) is 0.364. The average Bonchev–Trinajstić information content (AvgIpc) is 2.84. The molecule has 2 aromatic heterocycles. The van der Waals surface area contributed by atoms with E-state index in [-0.39, 0.29) is 24.8 Å². The number of hydrogen-bond acceptors (Lipinski definition) is 3. The molecule has 2 N–H and O–H groups in total. The molecule has 3 heterocycles. The topological polar surface area (TPSA) is 46.6 Å². The Kier molecular flexibility index (Phi) is 4.62. The van der Waals surface area contributed by atoms with Crippen LogP contribution in [0.15, 0.2) is 30.7 Å². The van der Waals surface area contributed by atoms with Crippen molar-refractivity contribution >= 4 is 36.1 Å². The normalized spacial score (nSPS) is 18.9. The summed E-state index contributed by atoms with van der Waals surface area (Å²) in [5.41, 5.74) is 7.06. The molecule has 0 bridgehead atoms. The lowest BCUT2D eigenvalue weighted by Gasteiger charge is -2.17. The molecule has 4 nitrogen and oxygen atoms in total. The molecule has 17 heavy (non-hydrogen) atoms. The van der Waals surface area contributed by atoms with E-state index in [0.29, 0.717) is 6.04 Å². The summed E-state index contributed by atoms with van der Waals surface area (Å²) in [6, 6.07) is 4.42. The van der Waals surface area contributed by atoms with Gasteiger partial charge in [-0.25, -0.2) is 4.98 Å². The highest BCUT2D eigenvalue weighted by Gasteiger charge is 2.21. The quantitative estimate of drug-likeness (QED) is 0.862. The zero-order chi connectivity index (χ0) is 10.3. The standard InChI is InChI=1S/C11H14N4.2ClH/c12-9-3-6-15(8-9)11-10-2-1-5-14(10)7-4-13-11;;/h1-2,4-5,7,9H,3,6,8,12H2;2*1H. The van der Waals surface area contributed by atoms with Crippen molar-refractivity contribution in [1.29, 1.82) is 0 Å². The highest BCUT2D eigenvalue weighted by atomic mass is 35.5. The zero-order valence-electron chi connectivity index (χ0n) is 9.32. The van der Waals surface area contributed by atoms with Crippen molar-refractivity contribution in [1.82, 2.24) is 9.38 Å². The van der Waals surface area contributed by atoms with Crippen LogP contribution in [0, 0.1) is 0 Å². The van der Waals surface area contributed by atoms with E-state index < -0.39 is 0 Å². The summed E-state index contributed by atoms with van der Waals surface area (Å²) in [4.78, 5) is 6.71. The van der Waals surface area contributed by atoms with Crippen molar-refractivity contribution in [3.05, 3.63) is 30.7 Å². The molecule has 0 radical (unpaired) electrons. The number of nitrogens with two attached hydrogens (primary N) is 1.